The number of aromatic nitrogens is 5. The van der Waals surface area contributed by atoms with Crippen LogP contribution in [0.25, 0.3) is 22.2 Å². The van der Waals surface area contributed by atoms with Crippen molar-refractivity contribution in [3.63, 3.8) is 0 Å². The quantitative estimate of drug-likeness (QED) is 0.466. The van der Waals surface area contributed by atoms with Gasteiger partial charge in [-0.2, -0.15) is 10.1 Å². The predicted molar refractivity (Wildman–Crippen MR) is 121 cm³/mol. The van der Waals surface area contributed by atoms with Crippen molar-refractivity contribution in [3.8, 4) is 11.4 Å². The Morgan fingerprint density at radius 2 is 2.03 bits per heavy atom. The monoisotopic (exact) mass is 444 g/mol. The summed E-state index contributed by atoms with van der Waals surface area (Å²) in [6, 6.07) is 11.1. The lowest BCUT2D eigenvalue weighted by Crippen LogP contribution is -2.42. The molecule has 0 spiro atoms. The van der Waals surface area contributed by atoms with Crippen LogP contribution in [0, 0.1) is 0 Å². The van der Waals surface area contributed by atoms with E-state index in [0.717, 1.165) is 29.5 Å². The number of hydrogen-bond acceptors (Lipinski definition) is 7. The zero-order chi connectivity index (χ0) is 22.8. The summed E-state index contributed by atoms with van der Waals surface area (Å²) in [5.74, 6) is 0.813. The molecule has 0 N–H and O–H groups in total. The van der Waals surface area contributed by atoms with Gasteiger partial charge in [0.2, 0.25) is 17.6 Å². The SMILES string of the molecule is CCc1nn(CC(=O)N2CCC[C@@H](c3nc(-c4cccnc4)no3)C2)c(=O)c2ccccc12. The molecule has 1 fully saturated rings. The number of aryl methyl sites for hydroxylation is 1. The topological polar surface area (TPSA) is 107 Å². The number of nitrogens with zero attached hydrogens (tertiary/aromatic N) is 6. The summed E-state index contributed by atoms with van der Waals surface area (Å²) in [6.45, 7) is 3.00. The Kier molecular flexibility index (Phi) is 5.68. The van der Waals surface area contributed by atoms with Crippen LogP contribution in [-0.4, -0.2) is 48.8 Å². The Bertz CT molecular complexity index is 1350. The van der Waals surface area contributed by atoms with E-state index in [1.807, 2.05) is 37.3 Å². The van der Waals surface area contributed by atoms with E-state index in [-0.39, 0.29) is 23.9 Å². The number of rotatable bonds is 5. The average Bonchev–Trinajstić information content (AvgIpc) is 3.37. The van der Waals surface area contributed by atoms with Crippen molar-refractivity contribution < 1.29 is 9.32 Å². The van der Waals surface area contributed by atoms with E-state index < -0.39 is 0 Å². The third-order valence-electron chi connectivity index (χ3n) is 6.05. The van der Waals surface area contributed by atoms with Gasteiger partial charge in [0.05, 0.1) is 17.0 Å². The van der Waals surface area contributed by atoms with E-state index in [1.54, 1.807) is 23.4 Å². The number of likely N-dealkylation sites (tertiary alicyclic amines) is 1. The van der Waals surface area contributed by atoms with Gasteiger partial charge in [-0.1, -0.05) is 30.3 Å². The van der Waals surface area contributed by atoms with Gasteiger partial charge < -0.3 is 9.42 Å². The third-order valence-corrected chi connectivity index (χ3v) is 6.05. The van der Waals surface area contributed by atoms with Crippen molar-refractivity contribution in [3.05, 3.63) is 70.7 Å². The number of pyridine rings is 1. The Morgan fingerprint density at radius 3 is 2.82 bits per heavy atom. The number of fused-ring (bicyclic) bond motifs is 1. The van der Waals surface area contributed by atoms with Crippen molar-refractivity contribution in [2.45, 2.75) is 38.6 Å². The summed E-state index contributed by atoms with van der Waals surface area (Å²) in [7, 11) is 0. The van der Waals surface area contributed by atoms with E-state index in [1.165, 1.54) is 4.68 Å². The second kappa shape index (κ2) is 8.93. The average molecular weight is 444 g/mol. The van der Waals surface area contributed by atoms with Crippen LogP contribution in [0.3, 0.4) is 0 Å². The van der Waals surface area contributed by atoms with E-state index in [4.69, 9.17) is 4.52 Å². The largest absolute Gasteiger partial charge is 0.340 e. The van der Waals surface area contributed by atoms with Gasteiger partial charge in [-0.05, 0) is 37.5 Å². The van der Waals surface area contributed by atoms with Crippen molar-refractivity contribution in [1.82, 2.24) is 29.8 Å². The summed E-state index contributed by atoms with van der Waals surface area (Å²) in [5.41, 5.74) is 1.34. The highest BCUT2D eigenvalue weighted by Gasteiger charge is 2.29. The molecule has 4 heterocycles. The zero-order valence-corrected chi connectivity index (χ0v) is 18.3. The van der Waals surface area contributed by atoms with E-state index >= 15 is 0 Å². The van der Waals surface area contributed by atoms with Crippen LogP contribution in [0.2, 0.25) is 0 Å². The van der Waals surface area contributed by atoms with E-state index in [9.17, 15) is 9.59 Å². The van der Waals surface area contributed by atoms with Gasteiger partial charge in [0.15, 0.2) is 0 Å². The second-order valence-corrected chi connectivity index (χ2v) is 8.19. The van der Waals surface area contributed by atoms with Crippen LogP contribution < -0.4 is 5.56 Å². The lowest BCUT2D eigenvalue weighted by Gasteiger charge is -2.31. The van der Waals surface area contributed by atoms with Crippen LogP contribution in [-0.2, 0) is 17.8 Å². The molecule has 9 nitrogen and oxygen atoms in total. The summed E-state index contributed by atoms with van der Waals surface area (Å²) in [5, 5.41) is 9.98. The van der Waals surface area contributed by atoms with Crippen LogP contribution in [0.1, 0.15) is 37.3 Å². The van der Waals surface area contributed by atoms with Gasteiger partial charge in [0.1, 0.15) is 6.54 Å². The van der Waals surface area contributed by atoms with Gasteiger partial charge >= 0.3 is 0 Å². The highest BCUT2D eigenvalue weighted by molar-refractivity contribution is 5.84. The number of benzene rings is 1. The summed E-state index contributed by atoms with van der Waals surface area (Å²) >= 11 is 0. The molecule has 1 aromatic carbocycles. The first-order chi connectivity index (χ1) is 16.1. The van der Waals surface area contributed by atoms with Gasteiger partial charge in [-0.15, -0.1) is 0 Å². The molecule has 0 bridgehead atoms. The van der Waals surface area contributed by atoms with Crippen LogP contribution >= 0.6 is 0 Å². The summed E-state index contributed by atoms with van der Waals surface area (Å²) in [4.78, 5) is 36.4. The lowest BCUT2D eigenvalue weighted by atomic mass is 9.98. The van der Waals surface area contributed by atoms with Gasteiger partial charge in [-0.3, -0.25) is 14.6 Å². The van der Waals surface area contributed by atoms with E-state index in [2.05, 4.69) is 20.2 Å². The van der Waals surface area contributed by atoms with Gasteiger partial charge in [0.25, 0.3) is 5.56 Å². The first-order valence-corrected chi connectivity index (χ1v) is 11.1. The molecule has 3 aromatic heterocycles. The highest BCUT2D eigenvalue weighted by Crippen LogP contribution is 2.27. The van der Waals surface area contributed by atoms with Gasteiger partial charge in [-0.25, -0.2) is 4.68 Å². The molecule has 1 saturated heterocycles. The number of carbonyl (C=O) groups is 1. The second-order valence-electron chi connectivity index (χ2n) is 8.19. The minimum absolute atomic E-state index is 0.0480. The van der Waals surface area contributed by atoms with E-state index in [0.29, 0.717) is 36.6 Å². The maximum absolute atomic E-state index is 13.1. The van der Waals surface area contributed by atoms with Crippen molar-refractivity contribution in [1.29, 1.82) is 0 Å². The molecule has 9 heteroatoms. The molecule has 4 aromatic rings. The fraction of sp³-hybridized carbons (Fsp3) is 0.333. The maximum atomic E-state index is 13.1. The maximum Gasteiger partial charge on any atom is 0.275 e. The lowest BCUT2D eigenvalue weighted by molar-refractivity contribution is -0.133. The Balaban J connectivity index is 1.34. The highest BCUT2D eigenvalue weighted by atomic mass is 16.5. The molecule has 5 rings (SSSR count). The molecule has 168 valence electrons. The molecule has 1 aliphatic heterocycles. The smallest absolute Gasteiger partial charge is 0.275 e. The molecule has 1 amide bonds. The molecule has 0 aliphatic carbocycles. The number of amides is 1. The van der Waals surface area contributed by atoms with Crippen molar-refractivity contribution in [2.75, 3.05) is 13.1 Å². The standard InChI is InChI=1S/C24H24N6O3/c1-2-20-18-9-3-4-10-19(18)24(32)30(27-20)15-21(31)29-12-6-8-17(14-29)23-26-22(28-33-23)16-7-5-11-25-13-16/h3-5,7,9-11,13,17H,2,6,8,12,14-15H2,1H3/t17-/m1/s1. The fourth-order valence-electron chi connectivity index (χ4n) is 4.32. The van der Waals surface area contributed by atoms with Crippen LogP contribution in [0.4, 0.5) is 0 Å². The number of piperidine rings is 1. The Labute approximate surface area is 190 Å². The normalized spacial score (nSPS) is 16.3. The number of carbonyl (C=O) groups excluding carboxylic acids is 1. The van der Waals surface area contributed by atoms with Crippen molar-refractivity contribution in [2.24, 2.45) is 0 Å². The Hall–Kier alpha value is -3.88. The zero-order valence-electron chi connectivity index (χ0n) is 18.3. The minimum atomic E-state index is -0.247. The minimum Gasteiger partial charge on any atom is -0.340 e. The van der Waals surface area contributed by atoms with Gasteiger partial charge in [0, 0.05) is 36.4 Å². The molecule has 0 saturated carbocycles. The third kappa shape index (κ3) is 4.13. The predicted octanol–water partition coefficient (Wildman–Crippen LogP) is 2.81. The molecule has 1 aliphatic rings. The molecule has 1 atom stereocenters. The molecule has 33 heavy (non-hydrogen) atoms. The van der Waals surface area contributed by atoms with Crippen LogP contribution in [0.5, 0.6) is 0 Å². The Morgan fingerprint density at radius 1 is 1.18 bits per heavy atom. The van der Waals surface area contributed by atoms with Crippen LogP contribution in [0.15, 0.2) is 58.1 Å². The first-order valence-electron chi connectivity index (χ1n) is 11.1. The number of hydrogen-bond donors (Lipinski definition) is 0. The molecule has 0 radical (unpaired) electrons. The first kappa shape index (κ1) is 21.0. The fourth-order valence-corrected chi connectivity index (χ4v) is 4.32. The summed E-state index contributed by atoms with van der Waals surface area (Å²) < 4.78 is 6.80. The summed E-state index contributed by atoms with van der Waals surface area (Å²) in [6.07, 6.45) is 5.73. The molecular weight excluding hydrogens is 420 g/mol. The molecular formula is C24H24N6O3. The molecule has 0 unspecified atom stereocenters. The van der Waals surface area contributed by atoms with Crippen molar-refractivity contribution >= 4 is 16.7 Å².